The molecule has 1 aromatic heterocycles. The monoisotopic (exact) mass is 463 g/mol. The molecule has 34 heavy (non-hydrogen) atoms. The lowest BCUT2D eigenvalue weighted by Crippen LogP contribution is -2.41. The number of hydrogen-bond donors (Lipinski definition) is 0. The van der Waals surface area contributed by atoms with Gasteiger partial charge in [-0.25, -0.2) is 4.79 Å². The summed E-state index contributed by atoms with van der Waals surface area (Å²) in [6.45, 7) is 16.2. The molecule has 1 aliphatic rings. The lowest BCUT2D eigenvalue weighted by atomic mass is 9.78. The molecule has 1 fully saturated rings. The van der Waals surface area contributed by atoms with E-state index in [1.807, 2.05) is 96.4 Å². The average molecular weight is 463 g/mol. The number of aromatic nitrogens is 1. The van der Waals surface area contributed by atoms with Gasteiger partial charge in [-0.3, -0.25) is 0 Å². The maximum atomic E-state index is 13.0. The number of carbonyl (C=O) groups is 1. The van der Waals surface area contributed by atoms with E-state index >= 15 is 0 Å². The number of fused-ring (bicyclic) bond motifs is 1. The van der Waals surface area contributed by atoms with Gasteiger partial charge in [-0.1, -0.05) is 12.1 Å². The zero-order chi connectivity index (χ0) is 24.8. The second-order valence-corrected chi connectivity index (χ2v) is 10.1. The molecule has 2 aromatic carbocycles. The quantitative estimate of drug-likeness (QED) is 0.372. The van der Waals surface area contributed by atoms with Crippen LogP contribution in [0.3, 0.4) is 0 Å². The van der Waals surface area contributed by atoms with E-state index in [-0.39, 0.29) is 12.1 Å². The number of esters is 1. The number of rotatable bonds is 6. The molecule has 0 amide bonds. The van der Waals surface area contributed by atoms with Crippen molar-refractivity contribution in [3.05, 3.63) is 53.7 Å². The van der Waals surface area contributed by atoms with Crippen LogP contribution in [0.1, 0.15) is 64.5 Å². The molecule has 3 aromatic rings. The molecule has 1 aliphatic heterocycles. The van der Waals surface area contributed by atoms with Gasteiger partial charge in [0.15, 0.2) is 0 Å². The van der Waals surface area contributed by atoms with Crippen LogP contribution in [0.5, 0.6) is 5.75 Å². The minimum absolute atomic E-state index is 0.0870. The van der Waals surface area contributed by atoms with Gasteiger partial charge in [0.05, 0.1) is 29.4 Å². The Hall–Kier alpha value is -2.77. The van der Waals surface area contributed by atoms with E-state index in [9.17, 15) is 4.79 Å². The van der Waals surface area contributed by atoms with Gasteiger partial charge >= 0.3 is 13.1 Å². The molecular formula is C27H34BNO5. The molecule has 180 valence electrons. The summed E-state index contributed by atoms with van der Waals surface area (Å²) in [5.74, 6) is 0.434. The highest BCUT2D eigenvalue weighted by Gasteiger charge is 2.51. The smallest absolute Gasteiger partial charge is 0.491 e. The predicted octanol–water partition coefficient (Wildman–Crippen LogP) is 5.20. The summed E-state index contributed by atoms with van der Waals surface area (Å²) < 4.78 is 25.7. The molecular weight excluding hydrogens is 429 g/mol. The molecule has 0 spiro atoms. The lowest BCUT2D eigenvalue weighted by Gasteiger charge is -2.32. The van der Waals surface area contributed by atoms with Crippen LogP contribution in [0.2, 0.25) is 0 Å². The Morgan fingerprint density at radius 1 is 1.03 bits per heavy atom. The number of hydrogen-bond acceptors (Lipinski definition) is 5. The number of carbonyl (C=O) groups excluding carboxylic acids is 1. The van der Waals surface area contributed by atoms with E-state index in [1.54, 1.807) is 0 Å². The van der Waals surface area contributed by atoms with E-state index in [0.717, 1.165) is 33.4 Å². The van der Waals surface area contributed by atoms with Gasteiger partial charge in [0, 0.05) is 11.1 Å². The highest BCUT2D eigenvalue weighted by atomic mass is 16.7. The van der Waals surface area contributed by atoms with Crippen molar-refractivity contribution in [1.82, 2.24) is 4.57 Å². The third-order valence-corrected chi connectivity index (χ3v) is 6.71. The number of nitrogens with zero attached hydrogens (tertiary/aromatic N) is 1. The topological polar surface area (TPSA) is 58.9 Å². The minimum atomic E-state index is -0.476. The summed E-state index contributed by atoms with van der Waals surface area (Å²) >= 11 is 0. The molecule has 6 nitrogen and oxygen atoms in total. The zero-order valence-electron chi connectivity index (χ0n) is 21.4. The van der Waals surface area contributed by atoms with Gasteiger partial charge in [-0.05, 0) is 96.7 Å². The zero-order valence-corrected chi connectivity index (χ0v) is 21.4. The summed E-state index contributed by atoms with van der Waals surface area (Å²) in [7, 11) is -0.476. The van der Waals surface area contributed by atoms with Crippen molar-refractivity contribution < 1.29 is 23.6 Å². The van der Waals surface area contributed by atoms with Crippen molar-refractivity contribution in [2.45, 2.75) is 72.7 Å². The van der Waals surface area contributed by atoms with Crippen molar-refractivity contribution in [2.75, 3.05) is 6.61 Å². The summed E-state index contributed by atoms with van der Waals surface area (Å²) in [5.41, 5.74) is 3.21. The number of benzene rings is 2. The van der Waals surface area contributed by atoms with Gasteiger partial charge < -0.3 is 23.3 Å². The van der Waals surface area contributed by atoms with Crippen LogP contribution in [0.25, 0.3) is 16.6 Å². The molecule has 0 N–H and O–H groups in total. The highest BCUT2D eigenvalue weighted by molar-refractivity contribution is 6.62. The average Bonchev–Trinajstić information content (AvgIpc) is 3.17. The first-order valence-electron chi connectivity index (χ1n) is 11.9. The Balaban J connectivity index is 1.83. The van der Waals surface area contributed by atoms with E-state index in [4.69, 9.17) is 18.8 Å². The van der Waals surface area contributed by atoms with Crippen LogP contribution >= 0.6 is 0 Å². The standard InChI is InChI=1S/C27H34BNO5/c1-9-31-25(30)24-18(4)22-16-19(28-33-26(5,6)27(7,8)34-28)10-15-23(22)29(24)20-11-13-21(14-12-20)32-17(2)3/h10-17H,9H2,1-8H3. The predicted molar refractivity (Wildman–Crippen MR) is 135 cm³/mol. The fourth-order valence-electron chi connectivity index (χ4n) is 4.25. The summed E-state index contributed by atoms with van der Waals surface area (Å²) in [6, 6.07) is 13.8. The first-order valence-corrected chi connectivity index (χ1v) is 11.9. The second kappa shape index (κ2) is 8.79. The Labute approximate surface area is 202 Å². The van der Waals surface area contributed by atoms with Gasteiger partial charge in [0.2, 0.25) is 0 Å². The van der Waals surface area contributed by atoms with E-state index in [2.05, 4.69) is 6.07 Å². The first kappa shape index (κ1) is 24.4. The molecule has 0 unspecified atom stereocenters. The first-order chi connectivity index (χ1) is 15.9. The Morgan fingerprint density at radius 2 is 1.65 bits per heavy atom. The minimum Gasteiger partial charge on any atom is -0.491 e. The Bertz CT molecular complexity index is 1190. The van der Waals surface area contributed by atoms with Gasteiger partial charge in [-0.2, -0.15) is 0 Å². The third kappa shape index (κ3) is 4.23. The molecule has 7 heteroatoms. The molecule has 2 heterocycles. The molecule has 0 saturated carbocycles. The van der Waals surface area contributed by atoms with Crippen molar-refractivity contribution in [3.8, 4) is 11.4 Å². The second-order valence-electron chi connectivity index (χ2n) is 10.1. The SMILES string of the molecule is CCOC(=O)c1c(C)c2cc(B3OC(C)(C)C(C)(C)O3)ccc2n1-c1ccc(OC(C)C)cc1. The summed E-state index contributed by atoms with van der Waals surface area (Å²) in [5, 5.41) is 0.956. The molecule has 0 atom stereocenters. The van der Waals surface area contributed by atoms with Gasteiger partial charge in [-0.15, -0.1) is 0 Å². The fraction of sp³-hybridized carbons (Fsp3) is 0.444. The van der Waals surface area contributed by atoms with E-state index in [0.29, 0.717) is 12.3 Å². The maximum absolute atomic E-state index is 13.0. The number of aryl methyl sites for hydroxylation is 1. The van der Waals surface area contributed by atoms with Crippen LogP contribution in [0, 0.1) is 6.92 Å². The molecule has 1 saturated heterocycles. The summed E-state index contributed by atoms with van der Waals surface area (Å²) in [6.07, 6.45) is 0.0870. The molecule has 0 radical (unpaired) electrons. The highest BCUT2D eigenvalue weighted by Crippen LogP contribution is 2.37. The van der Waals surface area contributed by atoms with E-state index in [1.165, 1.54) is 0 Å². The van der Waals surface area contributed by atoms with Crippen molar-refractivity contribution >= 4 is 29.5 Å². The fourth-order valence-corrected chi connectivity index (χ4v) is 4.25. The lowest BCUT2D eigenvalue weighted by molar-refractivity contribution is 0.00578. The van der Waals surface area contributed by atoms with Crippen molar-refractivity contribution in [3.63, 3.8) is 0 Å². The molecule has 0 bridgehead atoms. The van der Waals surface area contributed by atoms with Crippen LogP contribution in [0.15, 0.2) is 42.5 Å². The normalized spacial score (nSPS) is 16.9. The van der Waals surface area contributed by atoms with Crippen LogP contribution in [-0.4, -0.2) is 41.6 Å². The van der Waals surface area contributed by atoms with Gasteiger partial charge in [0.1, 0.15) is 11.4 Å². The largest absolute Gasteiger partial charge is 0.494 e. The van der Waals surface area contributed by atoms with E-state index < -0.39 is 18.3 Å². The molecule has 4 rings (SSSR count). The molecule has 0 aliphatic carbocycles. The van der Waals surface area contributed by atoms with Crippen molar-refractivity contribution in [1.29, 1.82) is 0 Å². The van der Waals surface area contributed by atoms with Crippen molar-refractivity contribution in [2.24, 2.45) is 0 Å². The van der Waals surface area contributed by atoms with Crippen LogP contribution < -0.4 is 10.2 Å². The van der Waals surface area contributed by atoms with Gasteiger partial charge in [0.25, 0.3) is 0 Å². The third-order valence-electron chi connectivity index (χ3n) is 6.71. The maximum Gasteiger partial charge on any atom is 0.494 e. The number of ether oxygens (including phenoxy) is 2. The Kier molecular flexibility index (Phi) is 6.30. The van der Waals surface area contributed by atoms with Crippen LogP contribution in [-0.2, 0) is 14.0 Å². The Morgan fingerprint density at radius 3 is 2.21 bits per heavy atom. The van der Waals surface area contributed by atoms with Crippen LogP contribution in [0.4, 0.5) is 0 Å². The summed E-state index contributed by atoms with van der Waals surface area (Å²) in [4.78, 5) is 13.0.